The molecule has 0 bridgehead atoms. The number of imidazole rings is 1. The number of thiophene rings is 1. The average Bonchev–Trinajstić information content (AvgIpc) is 3.33. The summed E-state index contributed by atoms with van der Waals surface area (Å²) in [6.07, 6.45) is 1.83. The van der Waals surface area contributed by atoms with E-state index in [-0.39, 0.29) is 0 Å². The number of hydrogen-bond acceptors (Lipinski definition) is 3. The third-order valence-electron chi connectivity index (χ3n) is 5.22. The Kier molecular flexibility index (Phi) is 6.00. The molecule has 0 N–H and O–H groups in total. The molecular formula is C25H28N2OS. The first-order chi connectivity index (χ1) is 14.1. The summed E-state index contributed by atoms with van der Waals surface area (Å²) in [5.41, 5.74) is 4.79. The van der Waals surface area contributed by atoms with Crippen molar-refractivity contribution >= 4 is 22.4 Å². The normalized spacial score (nSPS) is 11.4. The molecule has 4 heteroatoms. The van der Waals surface area contributed by atoms with Gasteiger partial charge in [0.25, 0.3) is 0 Å². The molecule has 0 atom stereocenters. The van der Waals surface area contributed by atoms with Crippen LogP contribution in [-0.4, -0.2) is 16.2 Å². The highest BCUT2D eigenvalue weighted by Gasteiger charge is 2.12. The Labute approximate surface area is 177 Å². The number of hydrogen-bond donors (Lipinski definition) is 0. The molecule has 0 spiro atoms. The standard InChI is InChI=1S/C25H28N2OS/c1-18(2)21-12-11-19(3)16-24(21)28-14-7-13-27-23-10-5-4-9-22(23)26-25(27)17-20-8-6-15-29-20/h4-6,8-12,15-16,18H,7,13-14,17H2,1-3H3. The van der Waals surface area contributed by atoms with E-state index in [4.69, 9.17) is 9.72 Å². The van der Waals surface area contributed by atoms with Crippen LogP contribution in [0.1, 0.15) is 48.0 Å². The van der Waals surface area contributed by atoms with Gasteiger partial charge >= 0.3 is 0 Å². The van der Waals surface area contributed by atoms with Crippen LogP contribution in [0.3, 0.4) is 0 Å². The quantitative estimate of drug-likeness (QED) is 0.310. The van der Waals surface area contributed by atoms with Crippen LogP contribution in [-0.2, 0) is 13.0 Å². The highest BCUT2D eigenvalue weighted by molar-refractivity contribution is 7.09. The second-order valence-corrected chi connectivity index (χ2v) is 8.85. The summed E-state index contributed by atoms with van der Waals surface area (Å²) >= 11 is 1.79. The van der Waals surface area contributed by atoms with Gasteiger partial charge in [-0.25, -0.2) is 4.98 Å². The summed E-state index contributed by atoms with van der Waals surface area (Å²) < 4.78 is 8.56. The van der Waals surface area contributed by atoms with Gasteiger partial charge in [-0.2, -0.15) is 0 Å². The molecule has 2 aromatic heterocycles. The molecule has 4 aromatic rings. The fourth-order valence-electron chi connectivity index (χ4n) is 3.73. The van der Waals surface area contributed by atoms with Gasteiger partial charge in [0.2, 0.25) is 0 Å². The molecule has 0 radical (unpaired) electrons. The van der Waals surface area contributed by atoms with Crippen LogP contribution in [0.5, 0.6) is 5.75 Å². The third-order valence-corrected chi connectivity index (χ3v) is 6.10. The van der Waals surface area contributed by atoms with Crippen LogP contribution in [0, 0.1) is 6.92 Å². The Hall–Kier alpha value is -2.59. The van der Waals surface area contributed by atoms with Crippen molar-refractivity contribution in [3.8, 4) is 5.75 Å². The second kappa shape index (κ2) is 8.83. The molecule has 2 aromatic carbocycles. The van der Waals surface area contributed by atoms with Crippen molar-refractivity contribution in [2.75, 3.05) is 6.61 Å². The van der Waals surface area contributed by atoms with E-state index < -0.39 is 0 Å². The summed E-state index contributed by atoms with van der Waals surface area (Å²) in [6.45, 7) is 8.15. The van der Waals surface area contributed by atoms with Crippen LogP contribution in [0.4, 0.5) is 0 Å². The zero-order valence-electron chi connectivity index (χ0n) is 17.4. The van der Waals surface area contributed by atoms with Gasteiger partial charge in [-0.05, 0) is 60.0 Å². The van der Waals surface area contributed by atoms with E-state index in [1.165, 1.54) is 21.5 Å². The Morgan fingerprint density at radius 1 is 1.07 bits per heavy atom. The van der Waals surface area contributed by atoms with Gasteiger partial charge in [0.15, 0.2) is 0 Å². The van der Waals surface area contributed by atoms with Crippen molar-refractivity contribution in [1.29, 1.82) is 0 Å². The highest BCUT2D eigenvalue weighted by atomic mass is 32.1. The molecule has 29 heavy (non-hydrogen) atoms. The molecule has 2 heterocycles. The average molecular weight is 405 g/mol. The van der Waals surface area contributed by atoms with Gasteiger partial charge in [0, 0.05) is 17.8 Å². The van der Waals surface area contributed by atoms with Crippen molar-refractivity contribution < 1.29 is 4.74 Å². The molecule has 3 nitrogen and oxygen atoms in total. The summed E-state index contributed by atoms with van der Waals surface area (Å²) in [7, 11) is 0. The van der Waals surface area contributed by atoms with Crippen LogP contribution < -0.4 is 4.74 Å². The van der Waals surface area contributed by atoms with Crippen molar-refractivity contribution in [2.24, 2.45) is 0 Å². The Morgan fingerprint density at radius 2 is 1.93 bits per heavy atom. The zero-order valence-corrected chi connectivity index (χ0v) is 18.2. The van der Waals surface area contributed by atoms with E-state index >= 15 is 0 Å². The lowest BCUT2D eigenvalue weighted by Crippen LogP contribution is -2.09. The Balaban J connectivity index is 1.48. The summed E-state index contributed by atoms with van der Waals surface area (Å²) in [6, 6.07) is 19.2. The van der Waals surface area contributed by atoms with E-state index in [1.807, 2.05) is 0 Å². The fraction of sp³-hybridized carbons (Fsp3) is 0.320. The Morgan fingerprint density at radius 3 is 2.72 bits per heavy atom. The minimum Gasteiger partial charge on any atom is -0.493 e. The van der Waals surface area contributed by atoms with Gasteiger partial charge in [-0.1, -0.05) is 44.2 Å². The maximum absolute atomic E-state index is 6.20. The molecule has 0 fully saturated rings. The molecule has 0 aliphatic carbocycles. The topological polar surface area (TPSA) is 27.1 Å². The van der Waals surface area contributed by atoms with Crippen molar-refractivity contribution in [3.63, 3.8) is 0 Å². The van der Waals surface area contributed by atoms with E-state index in [9.17, 15) is 0 Å². The van der Waals surface area contributed by atoms with Crippen molar-refractivity contribution in [1.82, 2.24) is 9.55 Å². The molecule has 0 saturated carbocycles. The first-order valence-corrected chi connectivity index (χ1v) is 11.2. The number of rotatable bonds is 8. The maximum atomic E-state index is 6.20. The van der Waals surface area contributed by atoms with Gasteiger partial charge in [-0.3, -0.25) is 0 Å². The van der Waals surface area contributed by atoms with Crippen molar-refractivity contribution in [3.05, 3.63) is 81.8 Å². The number of fused-ring (bicyclic) bond motifs is 1. The van der Waals surface area contributed by atoms with E-state index in [0.717, 1.165) is 36.5 Å². The molecule has 0 aliphatic rings. The first kappa shape index (κ1) is 19.7. The number of nitrogens with zero attached hydrogens (tertiary/aromatic N) is 2. The molecule has 0 unspecified atom stereocenters. The van der Waals surface area contributed by atoms with Gasteiger partial charge in [-0.15, -0.1) is 11.3 Å². The van der Waals surface area contributed by atoms with Gasteiger partial charge < -0.3 is 9.30 Å². The minimum atomic E-state index is 0.459. The maximum Gasteiger partial charge on any atom is 0.123 e. The number of aryl methyl sites for hydroxylation is 2. The van der Waals surface area contributed by atoms with Crippen LogP contribution in [0.25, 0.3) is 11.0 Å². The van der Waals surface area contributed by atoms with Gasteiger partial charge in [0.1, 0.15) is 11.6 Å². The molecule has 0 saturated heterocycles. The molecule has 4 rings (SSSR count). The monoisotopic (exact) mass is 404 g/mol. The number of para-hydroxylation sites is 2. The summed E-state index contributed by atoms with van der Waals surface area (Å²) in [4.78, 5) is 6.25. The second-order valence-electron chi connectivity index (χ2n) is 7.82. The molecule has 0 amide bonds. The predicted molar refractivity (Wildman–Crippen MR) is 122 cm³/mol. The van der Waals surface area contributed by atoms with Crippen LogP contribution in [0.15, 0.2) is 60.0 Å². The van der Waals surface area contributed by atoms with Crippen LogP contribution in [0.2, 0.25) is 0 Å². The Bertz CT molecular complexity index is 1080. The lowest BCUT2D eigenvalue weighted by Gasteiger charge is -2.15. The minimum absolute atomic E-state index is 0.459. The molecule has 150 valence electrons. The van der Waals surface area contributed by atoms with Gasteiger partial charge in [0.05, 0.1) is 17.6 Å². The molecule has 0 aliphatic heterocycles. The zero-order chi connectivity index (χ0) is 20.2. The number of benzene rings is 2. The molecular weight excluding hydrogens is 376 g/mol. The highest BCUT2D eigenvalue weighted by Crippen LogP contribution is 2.28. The predicted octanol–water partition coefficient (Wildman–Crippen LogP) is 6.59. The summed E-state index contributed by atoms with van der Waals surface area (Å²) in [5.74, 6) is 2.61. The lowest BCUT2D eigenvalue weighted by molar-refractivity contribution is 0.298. The fourth-order valence-corrected chi connectivity index (χ4v) is 4.43. The van der Waals surface area contributed by atoms with E-state index in [1.54, 1.807) is 11.3 Å². The van der Waals surface area contributed by atoms with Crippen LogP contribution >= 0.6 is 11.3 Å². The largest absolute Gasteiger partial charge is 0.493 e. The van der Waals surface area contributed by atoms with E-state index in [0.29, 0.717) is 12.5 Å². The van der Waals surface area contributed by atoms with Crippen molar-refractivity contribution in [2.45, 2.75) is 46.1 Å². The summed E-state index contributed by atoms with van der Waals surface area (Å²) in [5, 5.41) is 2.13. The number of aromatic nitrogens is 2. The van der Waals surface area contributed by atoms with E-state index in [2.05, 4.69) is 85.3 Å². The third kappa shape index (κ3) is 4.54. The SMILES string of the molecule is Cc1ccc(C(C)C)c(OCCCn2c(Cc3cccs3)nc3ccccc32)c1. The lowest BCUT2D eigenvalue weighted by atomic mass is 10.0. The number of ether oxygens (including phenoxy) is 1. The first-order valence-electron chi connectivity index (χ1n) is 10.3. The smallest absolute Gasteiger partial charge is 0.123 e.